The smallest absolute Gasteiger partial charge is 0.164 e. The van der Waals surface area contributed by atoms with Gasteiger partial charge in [-0.05, 0) is 30.2 Å². The lowest BCUT2D eigenvalue weighted by atomic mass is 9.97. The molecule has 0 saturated carbocycles. The Morgan fingerprint density at radius 3 is 2.62 bits per heavy atom. The second-order valence-corrected chi connectivity index (χ2v) is 4.39. The van der Waals surface area contributed by atoms with E-state index in [4.69, 9.17) is 17.3 Å². The van der Waals surface area contributed by atoms with Crippen LogP contribution in [-0.4, -0.2) is 12.3 Å². The van der Waals surface area contributed by atoms with E-state index in [0.717, 1.165) is 0 Å². The van der Waals surface area contributed by atoms with Crippen LogP contribution in [-0.2, 0) is 0 Å². The van der Waals surface area contributed by atoms with Gasteiger partial charge < -0.3 is 5.73 Å². The first-order chi connectivity index (χ1) is 7.47. The molecule has 2 nitrogen and oxygen atoms in total. The van der Waals surface area contributed by atoms with E-state index in [9.17, 15) is 9.18 Å². The summed E-state index contributed by atoms with van der Waals surface area (Å²) < 4.78 is 13.6. The number of hydrogen-bond donors (Lipinski definition) is 1. The van der Waals surface area contributed by atoms with Gasteiger partial charge >= 0.3 is 0 Å². The van der Waals surface area contributed by atoms with Crippen LogP contribution in [0.1, 0.15) is 42.1 Å². The van der Waals surface area contributed by atoms with E-state index < -0.39 is 5.82 Å². The van der Waals surface area contributed by atoms with Crippen LogP contribution in [0.2, 0.25) is 5.02 Å². The summed E-state index contributed by atoms with van der Waals surface area (Å²) in [6.45, 7) is 3.99. The molecule has 16 heavy (non-hydrogen) atoms. The van der Waals surface area contributed by atoms with E-state index >= 15 is 0 Å². The molecule has 1 aromatic rings. The lowest BCUT2D eigenvalue weighted by Gasteiger charge is -2.10. The van der Waals surface area contributed by atoms with Crippen LogP contribution in [0.5, 0.6) is 0 Å². The molecule has 1 aromatic carbocycles. The van der Waals surface area contributed by atoms with Crippen LogP contribution >= 0.6 is 11.6 Å². The van der Waals surface area contributed by atoms with E-state index in [1.54, 1.807) is 6.07 Å². The normalized spacial score (nSPS) is 10.9. The van der Waals surface area contributed by atoms with Crippen molar-refractivity contribution in [3.8, 4) is 0 Å². The summed E-state index contributed by atoms with van der Waals surface area (Å²) in [5.74, 6) is -0.560. The Bertz CT molecular complexity index is 404. The fourth-order valence-corrected chi connectivity index (χ4v) is 1.69. The van der Waals surface area contributed by atoms with Gasteiger partial charge in [-0.15, -0.1) is 0 Å². The molecule has 4 heteroatoms. The lowest BCUT2D eigenvalue weighted by molar-refractivity contribution is 0.0985. The number of nitrogens with two attached hydrogens (primary N) is 1. The van der Waals surface area contributed by atoms with Crippen molar-refractivity contribution in [1.82, 2.24) is 0 Å². The first-order valence-electron chi connectivity index (χ1n) is 5.19. The zero-order valence-electron chi connectivity index (χ0n) is 9.39. The number of carbonyl (C=O) groups excluding carboxylic acids is 1. The molecular weight excluding hydrogens is 229 g/mol. The third-order valence-electron chi connectivity index (χ3n) is 2.37. The number of benzene rings is 1. The summed E-state index contributed by atoms with van der Waals surface area (Å²) in [6, 6.07) is 2.92. The highest BCUT2D eigenvalue weighted by molar-refractivity contribution is 6.31. The van der Waals surface area contributed by atoms with Gasteiger partial charge in [0, 0.05) is 12.0 Å². The number of ketones is 1. The Balaban J connectivity index is 3.18. The maximum absolute atomic E-state index is 13.6. The second kappa shape index (κ2) is 5.41. The van der Waals surface area contributed by atoms with E-state index in [1.807, 2.05) is 13.8 Å². The van der Waals surface area contributed by atoms with Crippen molar-refractivity contribution in [2.45, 2.75) is 26.2 Å². The van der Waals surface area contributed by atoms with E-state index in [0.29, 0.717) is 11.1 Å². The predicted octanol–water partition coefficient (Wildman–Crippen LogP) is 3.13. The Morgan fingerprint density at radius 1 is 1.50 bits per heavy atom. The van der Waals surface area contributed by atoms with Gasteiger partial charge in [0.1, 0.15) is 5.82 Å². The van der Waals surface area contributed by atoms with Crippen molar-refractivity contribution in [2.24, 2.45) is 5.73 Å². The molecule has 0 spiro atoms. The third kappa shape index (κ3) is 2.80. The summed E-state index contributed by atoms with van der Waals surface area (Å²) in [7, 11) is 0. The van der Waals surface area contributed by atoms with E-state index in [2.05, 4.69) is 0 Å². The SMILES string of the molecule is CC(C)c1cc(C(=O)CCN)cc(Cl)c1F. The van der Waals surface area contributed by atoms with Gasteiger partial charge in [0.2, 0.25) is 0 Å². The number of halogens is 2. The molecule has 0 fully saturated rings. The van der Waals surface area contributed by atoms with Gasteiger partial charge in [-0.2, -0.15) is 0 Å². The van der Waals surface area contributed by atoms with E-state index in [1.165, 1.54) is 6.07 Å². The molecule has 0 aliphatic rings. The minimum Gasteiger partial charge on any atom is -0.330 e. The summed E-state index contributed by atoms with van der Waals surface area (Å²) in [5.41, 5.74) is 6.20. The standard InChI is InChI=1S/C12H15ClFNO/c1-7(2)9-5-8(11(16)3-4-15)6-10(13)12(9)14/h5-7H,3-4,15H2,1-2H3. The van der Waals surface area contributed by atoms with Crippen LogP contribution in [0, 0.1) is 5.82 Å². The molecule has 0 aliphatic heterocycles. The van der Waals surface area contributed by atoms with Crippen LogP contribution in [0.3, 0.4) is 0 Å². The van der Waals surface area contributed by atoms with Crippen LogP contribution in [0.4, 0.5) is 4.39 Å². The van der Waals surface area contributed by atoms with Gasteiger partial charge in [0.25, 0.3) is 0 Å². The predicted molar refractivity (Wildman–Crippen MR) is 63.5 cm³/mol. The number of carbonyl (C=O) groups is 1. The van der Waals surface area contributed by atoms with Gasteiger partial charge in [0.05, 0.1) is 5.02 Å². The molecule has 0 radical (unpaired) electrons. The van der Waals surface area contributed by atoms with Crippen molar-refractivity contribution in [1.29, 1.82) is 0 Å². The summed E-state index contributed by atoms with van der Waals surface area (Å²) in [5, 5.41) is -0.00780. The largest absolute Gasteiger partial charge is 0.330 e. The van der Waals surface area contributed by atoms with Gasteiger partial charge in [-0.25, -0.2) is 4.39 Å². The monoisotopic (exact) mass is 243 g/mol. The Morgan fingerprint density at radius 2 is 2.12 bits per heavy atom. The topological polar surface area (TPSA) is 43.1 Å². The van der Waals surface area contributed by atoms with E-state index in [-0.39, 0.29) is 29.7 Å². The first kappa shape index (κ1) is 13.1. The highest BCUT2D eigenvalue weighted by Crippen LogP contribution is 2.26. The highest BCUT2D eigenvalue weighted by Gasteiger charge is 2.15. The number of hydrogen-bond acceptors (Lipinski definition) is 2. The molecule has 2 N–H and O–H groups in total. The minimum absolute atomic E-state index is 0.00780. The number of rotatable bonds is 4. The zero-order chi connectivity index (χ0) is 12.3. The summed E-state index contributed by atoms with van der Waals surface area (Å²) in [6.07, 6.45) is 0.250. The zero-order valence-corrected chi connectivity index (χ0v) is 10.1. The number of Topliss-reactive ketones (excluding diaryl/α,β-unsaturated/α-hetero) is 1. The van der Waals surface area contributed by atoms with Crippen molar-refractivity contribution in [2.75, 3.05) is 6.54 Å². The average Bonchev–Trinajstić information content (AvgIpc) is 2.21. The van der Waals surface area contributed by atoms with Crippen molar-refractivity contribution in [3.63, 3.8) is 0 Å². The van der Waals surface area contributed by atoms with Gasteiger partial charge in [-0.1, -0.05) is 25.4 Å². The molecule has 88 valence electrons. The van der Waals surface area contributed by atoms with Crippen molar-refractivity contribution < 1.29 is 9.18 Å². The summed E-state index contributed by atoms with van der Waals surface area (Å²) >= 11 is 5.75. The molecular formula is C12H15ClFNO. The Hall–Kier alpha value is -0.930. The van der Waals surface area contributed by atoms with Gasteiger partial charge in [0.15, 0.2) is 5.78 Å². The minimum atomic E-state index is -0.444. The quantitative estimate of drug-likeness (QED) is 0.826. The molecule has 0 atom stereocenters. The highest BCUT2D eigenvalue weighted by atomic mass is 35.5. The maximum Gasteiger partial charge on any atom is 0.164 e. The molecule has 0 saturated heterocycles. The van der Waals surface area contributed by atoms with Gasteiger partial charge in [-0.3, -0.25) is 4.79 Å². The average molecular weight is 244 g/mol. The lowest BCUT2D eigenvalue weighted by Crippen LogP contribution is -2.09. The van der Waals surface area contributed by atoms with Crippen molar-refractivity contribution in [3.05, 3.63) is 34.1 Å². The third-order valence-corrected chi connectivity index (χ3v) is 2.65. The second-order valence-electron chi connectivity index (χ2n) is 3.98. The molecule has 0 aliphatic carbocycles. The fourth-order valence-electron chi connectivity index (χ4n) is 1.47. The van der Waals surface area contributed by atoms with Crippen LogP contribution < -0.4 is 5.73 Å². The van der Waals surface area contributed by atoms with Crippen LogP contribution in [0.25, 0.3) is 0 Å². The summed E-state index contributed by atoms with van der Waals surface area (Å²) in [4.78, 5) is 11.6. The molecule has 1 rings (SSSR count). The fraction of sp³-hybridized carbons (Fsp3) is 0.417. The molecule has 0 bridgehead atoms. The first-order valence-corrected chi connectivity index (χ1v) is 5.57. The maximum atomic E-state index is 13.6. The molecule has 0 aromatic heterocycles. The Kier molecular flexibility index (Phi) is 4.44. The van der Waals surface area contributed by atoms with Crippen molar-refractivity contribution >= 4 is 17.4 Å². The molecule has 0 heterocycles. The Labute approximate surface area is 99.6 Å². The molecule has 0 unspecified atom stereocenters. The molecule has 0 amide bonds. The van der Waals surface area contributed by atoms with Crippen LogP contribution in [0.15, 0.2) is 12.1 Å².